The third-order valence-electron chi connectivity index (χ3n) is 5.97. The Hall–Kier alpha value is -3.36. The zero-order chi connectivity index (χ0) is 21.5. The number of aromatic nitrogens is 3. The third kappa shape index (κ3) is 3.72. The summed E-state index contributed by atoms with van der Waals surface area (Å²) in [6, 6.07) is 8.16. The molecule has 4 aromatic rings. The van der Waals surface area contributed by atoms with Crippen molar-refractivity contribution in [3.05, 3.63) is 48.4 Å². The number of carbonyl (C=O) groups excluding carboxylic acids is 1. The van der Waals surface area contributed by atoms with Gasteiger partial charge in [-0.2, -0.15) is 0 Å². The van der Waals surface area contributed by atoms with Crippen molar-refractivity contribution in [1.82, 2.24) is 20.3 Å². The molecule has 1 atom stereocenters. The molecule has 1 aliphatic rings. The van der Waals surface area contributed by atoms with E-state index in [1.54, 1.807) is 19.4 Å². The van der Waals surface area contributed by atoms with Crippen molar-refractivity contribution in [2.75, 3.05) is 30.8 Å². The lowest BCUT2D eigenvalue weighted by Gasteiger charge is -2.34. The fourth-order valence-corrected chi connectivity index (χ4v) is 4.44. The molecule has 1 amide bonds. The van der Waals surface area contributed by atoms with Crippen LogP contribution < -0.4 is 21.7 Å². The summed E-state index contributed by atoms with van der Waals surface area (Å²) in [5, 5.41) is 4.53. The molecule has 0 saturated carbocycles. The Kier molecular flexibility index (Phi) is 5.90. The van der Waals surface area contributed by atoms with Crippen LogP contribution in [0.3, 0.4) is 0 Å². The molecule has 8 nitrogen and oxygen atoms in total. The smallest absolute Gasteiger partial charge is 0.252 e. The van der Waals surface area contributed by atoms with Gasteiger partial charge >= 0.3 is 0 Å². The first-order valence-corrected chi connectivity index (χ1v) is 10.4. The molecule has 32 heavy (non-hydrogen) atoms. The van der Waals surface area contributed by atoms with E-state index < -0.39 is 0 Å². The maximum absolute atomic E-state index is 12.1. The van der Waals surface area contributed by atoms with Crippen molar-refractivity contribution in [3.8, 4) is 11.1 Å². The molecular formula is C23H26ClN7O. The third-order valence-corrected chi connectivity index (χ3v) is 5.97. The molecule has 1 aromatic carbocycles. The van der Waals surface area contributed by atoms with E-state index in [9.17, 15) is 4.79 Å². The quantitative estimate of drug-likeness (QED) is 0.379. The molecule has 0 radical (unpaired) electrons. The number of amides is 1. The van der Waals surface area contributed by atoms with Crippen LogP contribution in [0.1, 0.15) is 23.2 Å². The minimum atomic E-state index is -0.166. The second kappa shape index (κ2) is 8.64. The number of rotatable bonds is 3. The van der Waals surface area contributed by atoms with Gasteiger partial charge in [0.05, 0.1) is 28.7 Å². The predicted octanol–water partition coefficient (Wildman–Crippen LogP) is 3.07. The van der Waals surface area contributed by atoms with Crippen molar-refractivity contribution in [3.63, 3.8) is 0 Å². The SMILES string of the molecule is CNC(=O)c1cnc2[nH]cc(-c3ccc4ncc(N)c(N5CCCC(N)C5)c4c3)c2c1.Cl. The number of hydrogen-bond donors (Lipinski definition) is 4. The van der Waals surface area contributed by atoms with Crippen LogP contribution in [0.4, 0.5) is 11.4 Å². The maximum Gasteiger partial charge on any atom is 0.252 e. The van der Waals surface area contributed by atoms with E-state index in [4.69, 9.17) is 11.5 Å². The highest BCUT2D eigenvalue weighted by atomic mass is 35.5. The van der Waals surface area contributed by atoms with Gasteiger partial charge in [0.15, 0.2) is 0 Å². The highest BCUT2D eigenvalue weighted by Crippen LogP contribution is 2.37. The number of nitrogen functional groups attached to an aromatic ring is 1. The average Bonchev–Trinajstić information content (AvgIpc) is 3.21. The number of benzene rings is 1. The van der Waals surface area contributed by atoms with Crippen molar-refractivity contribution in [1.29, 1.82) is 0 Å². The fraction of sp³-hybridized carbons (Fsp3) is 0.261. The second-order valence-electron chi connectivity index (χ2n) is 8.04. The van der Waals surface area contributed by atoms with Gasteiger partial charge in [-0.05, 0) is 36.6 Å². The number of aromatic amines is 1. The molecule has 0 bridgehead atoms. The molecule has 1 aliphatic heterocycles. The van der Waals surface area contributed by atoms with E-state index >= 15 is 0 Å². The number of pyridine rings is 2. The van der Waals surface area contributed by atoms with Gasteiger partial charge in [0.1, 0.15) is 5.65 Å². The number of hydrogen-bond acceptors (Lipinski definition) is 6. The zero-order valence-electron chi connectivity index (χ0n) is 17.8. The van der Waals surface area contributed by atoms with Gasteiger partial charge in [-0.3, -0.25) is 9.78 Å². The molecule has 5 rings (SSSR count). The Morgan fingerprint density at radius 3 is 2.84 bits per heavy atom. The zero-order valence-corrected chi connectivity index (χ0v) is 18.6. The van der Waals surface area contributed by atoms with E-state index in [2.05, 4.69) is 31.2 Å². The van der Waals surface area contributed by atoms with Crippen molar-refractivity contribution in [2.24, 2.45) is 5.73 Å². The highest BCUT2D eigenvalue weighted by Gasteiger charge is 2.21. The van der Waals surface area contributed by atoms with Gasteiger partial charge < -0.3 is 26.7 Å². The standard InChI is InChI=1S/C23H25N7O.ClH/c1-26-23(31)14-8-16-18(10-29-22(16)28-9-14)13-4-5-20-17(7-13)21(19(25)11-27-20)30-6-2-3-15(24)12-30;/h4-5,7-11,15H,2-3,6,12,24-25H2,1H3,(H,26,31)(H,28,29);1H. The fourth-order valence-electron chi connectivity index (χ4n) is 4.44. The van der Waals surface area contributed by atoms with E-state index in [0.717, 1.165) is 64.7 Å². The summed E-state index contributed by atoms with van der Waals surface area (Å²) < 4.78 is 0. The summed E-state index contributed by atoms with van der Waals surface area (Å²) in [5.41, 5.74) is 18.4. The van der Waals surface area contributed by atoms with E-state index in [-0.39, 0.29) is 24.4 Å². The Bertz CT molecular complexity index is 1300. The number of halogens is 1. The number of anilines is 2. The van der Waals surface area contributed by atoms with E-state index in [1.807, 2.05) is 24.4 Å². The maximum atomic E-state index is 12.1. The highest BCUT2D eigenvalue weighted by molar-refractivity contribution is 6.04. The molecule has 0 spiro atoms. The molecule has 3 aromatic heterocycles. The molecule has 9 heteroatoms. The lowest BCUT2D eigenvalue weighted by molar-refractivity contribution is 0.0963. The molecule has 6 N–H and O–H groups in total. The second-order valence-corrected chi connectivity index (χ2v) is 8.04. The number of piperidine rings is 1. The van der Waals surface area contributed by atoms with Gasteiger partial charge in [0.25, 0.3) is 5.91 Å². The van der Waals surface area contributed by atoms with Gasteiger partial charge in [-0.25, -0.2) is 4.98 Å². The Morgan fingerprint density at radius 2 is 2.06 bits per heavy atom. The largest absolute Gasteiger partial charge is 0.396 e. The Balaban J connectivity index is 0.00000245. The number of carbonyl (C=O) groups is 1. The van der Waals surface area contributed by atoms with Crippen molar-refractivity contribution in [2.45, 2.75) is 18.9 Å². The van der Waals surface area contributed by atoms with Gasteiger partial charge in [-0.1, -0.05) is 6.07 Å². The van der Waals surface area contributed by atoms with Crippen LogP contribution in [0.15, 0.2) is 42.9 Å². The predicted molar refractivity (Wildman–Crippen MR) is 131 cm³/mol. The lowest BCUT2D eigenvalue weighted by atomic mass is 10.00. The van der Waals surface area contributed by atoms with Crippen LogP contribution in [0, 0.1) is 0 Å². The summed E-state index contributed by atoms with van der Waals surface area (Å²) in [6.07, 6.45) is 7.29. The Morgan fingerprint density at radius 1 is 1.22 bits per heavy atom. The van der Waals surface area contributed by atoms with Gasteiger partial charge in [-0.15, -0.1) is 12.4 Å². The summed E-state index contributed by atoms with van der Waals surface area (Å²) in [6.45, 7) is 1.70. The number of H-pyrrole nitrogens is 1. The van der Waals surface area contributed by atoms with Crippen molar-refractivity contribution >= 4 is 51.6 Å². The molecular weight excluding hydrogens is 426 g/mol. The van der Waals surface area contributed by atoms with Crippen LogP contribution in [0.2, 0.25) is 0 Å². The monoisotopic (exact) mass is 451 g/mol. The number of fused-ring (bicyclic) bond motifs is 2. The lowest BCUT2D eigenvalue weighted by Crippen LogP contribution is -2.43. The van der Waals surface area contributed by atoms with Crippen molar-refractivity contribution < 1.29 is 4.79 Å². The topological polar surface area (TPSA) is 126 Å². The molecule has 0 aliphatic carbocycles. The summed E-state index contributed by atoms with van der Waals surface area (Å²) in [7, 11) is 1.61. The summed E-state index contributed by atoms with van der Waals surface area (Å²) in [5.74, 6) is -0.166. The number of nitrogens with two attached hydrogens (primary N) is 2. The average molecular weight is 452 g/mol. The van der Waals surface area contributed by atoms with E-state index in [1.165, 1.54) is 0 Å². The molecule has 1 fully saturated rings. The molecule has 166 valence electrons. The first-order chi connectivity index (χ1) is 15.0. The first-order valence-electron chi connectivity index (χ1n) is 10.4. The number of nitrogens with one attached hydrogen (secondary N) is 2. The van der Waals surface area contributed by atoms with Gasteiger partial charge in [0.2, 0.25) is 0 Å². The molecule has 4 heterocycles. The minimum absolute atomic E-state index is 0. The van der Waals surface area contributed by atoms with E-state index in [0.29, 0.717) is 11.3 Å². The van der Waals surface area contributed by atoms with Crippen LogP contribution in [0.25, 0.3) is 33.1 Å². The molecule has 1 saturated heterocycles. The minimum Gasteiger partial charge on any atom is -0.396 e. The summed E-state index contributed by atoms with van der Waals surface area (Å²) >= 11 is 0. The summed E-state index contributed by atoms with van der Waals surface area (Å²) in [4.78, 5) is 26.5. The normalized spacial score (nSPS) is 16.2. The van der Waals surface area contributed by atoms with Crippen LogP contribution in [0.5, 0.6) is 0 Å². The molecule has 1 unspecified atom stereocenters. The number of nitrogens with zero attached hydrogens (tertiary/aromatic N) is 3. The Labute approximate surface area is 191 Å². The van der Waals surface area contributed by atoms with Crippen LogP contribution in [-0.2, 0) is 0 Å². The first kappa shape index (κ1) is 21.9. The van der Waals surface area contributed by atoms with Crippen LogP contribution >= 0.6 is 12.4 Å². The van der Waals surface area contributed by atoms with Crippen LogP contribution in [-0.4, -0.2) is 47.0 Å². The van der Waals surface area contributed by atoms with Gasteiger partial charge in [0, 0.05) is 54.9 Å².